The van der Waals surface area contributed by atoms with Crippen molar-refractivity contribution in [3.63, 3.8) is 0 Å². The summed E-state index contributed by atoms with van der Waals surface area (Å²) in [5, 5.41) is 6.97. The summed E-state index contributed by atoms with van der Waals surface area (Å²) in [6.45, 7) is 11.0. The van der Waals surface area contributed by atoms with Crippen LogP contribution in [0.3, 0.4) is 0 Å². The number of hydrazone groups is 1. The molecule has 154 valence electrons. The van der Waals surface area contributed by atoms with Gasteiger partial charge in [0.15, 0.2) is 0 Å². The Kier molecular flexibility index (Phi) is 7.91. The van der Waals surface area contributed by atoms with Crippen molar-refractivity contribution in [1.82, 2.24) is 5.01 Å². The van der Waals surface area contributed by atoms with Crippen LogP contribution in [0.1, 0.15) is 46.6 Å². The van der Waals surface area contributed by atoms with E-state index >= 15 is 0 Å². The Hall–Kier alpha value is -2.50. The van der Waals surface area contributed by atoms with Crippen molar-refractivity contribution < 1.29 is 14.3 Å². The minimum Gasteiger partial charge on any atom is -0.487 e. The van der Waals surface area contributed by atoms with E-state index in [1.165, 1.54) is 0 Å². The lowest BCUT2D eigenvalue weighted by Crippen LogP contribution is -2.42. The summed E-state index contributed by atoms with van der Waals surface area (Å²) < 4.78 is 11.1. The molecule has 0 fully saturated rings. The monoisotopic (exact) mass is 387 g/mol. The zero-order valence-electron chi connectivity index (χ0n) is 17.6. The number of hydrogen-bond donors (Lipinski definition) is 1. The van der Waals surface area contributed by atoms with Gasteiger partial charge in [-0.1, -0.05) is 31.2 Å². The highest BCUT2D eigenvalue weighted by Crippen LogP contribution is 2.23. The zero-order chi connectivity index (χ0) is 20.7. The first-order chi connectivity index (χ1) is 13.3. The molecule has 1 aliphatic heterocycles. The second-order valence-electron chi connectivity index (χ2n) is 7.46. The van der Waals surface area contributed by atoms with Gasteiger partial charge >= 0.3 is 5.97 Å². The molecule has 0 aliphatic carbocycles. The molecule has 0 radical (unpaired) electrons. The Morgan fingerprint density at radius 2 is 2.04 bits per heavy atom. The van der Waals surface area contributed by atoms with Crippen LogP contribution in [0.5, 0.6) is 5.75 Å². The lowest BCUT2D eigenvalue weighted by Gasteiger charge is -2.36. The summed E-state index contributed by atoms with van der Waals surface area (Å²) in [5.41, 5.74) is 8.86. The number of carbonyl (C=O) groups excluding carboxylic acids is 1. The van der Waals surface area contributed by atoms with Gasteiger partial charge in [-0.15, -0.1) is 0 Å². The van der Waals surface area contributed by atoms with Gasteiger partial charge in [0, 0.05) is 29.6 Å². The maximum atomic E-state index is 11.8. The van der Waals surface area contributed by atoms with Crippen molar-refractivity contribution in [1.29, 1.82) is 0 Å². The fraction of sp³-hybridized carbons (Fsp3) is 0.545. The van der Waals surface area contributed by atoms with Crippen molar-refractivity contribution in [2.24, 2.45) is 16.8 Å². The SMILES string of the molecule is CCOC(=O)Cc1ccccc1OC/C1=N/N(C(C)C)[C@@H](C)[C@@H](C)/C(N)=C\C1. The Balaban J connectivity index is 2.16. The molecule has 2 N–H and O–H groups in total. The van der Waals surface area contributed by atoms with E-state index in [0.29, 0.717) is 25.4 Å². The number of nitrogens with zero attached hydrogens (tertiary/aromatic N) is 2. The quantitative estimate of drug-likeness (QED) is 0.725. The van der Waals surface area contributed by atoms with Crippen LogP contribution in [0, 0.1) is 5.92 Å². The van der Waals surface area contributed by atoms with E-state index in [0.717, 1.165) is 17.0 Å². The summed E-state index contributed by atoms with van der Waals surface area (Å²) in [7, 11) is 0. The fourth-order valence-electron chi connectivity index (χ4n) is 3.22. The zero-order valence-corrected chi connectivity index (χ0v) is 17.6. The Morgan fingerprint density at radius 3 is 2.71 bits per heavy atom. The van der Waals surface area contributed by atoms with Crippen molar-refractivity contribution in [2.75, 3.05) is 13.2 Å². The van der Waals surface area contributed by atoms with Gasteiger partial charge in [0.1, 0.15) is 12.4 Å². The number of benzene rings is 1. The summed E-state index contributed by atoms with van der Waals surface area (Å²) in [4.78, 5) is 11.8. The molecular weight excluding hydrogens is 354 g/mol. The first kappa shape index (κ1) is 21.8. The van der Waals surface area contributed by atoms with Crippen molar-refractivity contribution in [3.8, 4) is 5.75 Å². The van der Waals surface area contributed by atoms with Crippen LogP contribution in [0.15, 0.2) is 41.1 Å². The largest absolute Gasteiger partial charge is 0.487 e. The number of allylic oxidation sites excluding steroid dienone is 1. The molecule has 1 aromatic carbocycles. The van der Waals surface area contributed by atoms with Crippen molar-refractivity contribution in [2.45, 2.75) is 59.5 Å². The van der Waals surface area contributed by atoms with E-state index in [4.69, 9.17) is 20.3 Å². The van der Waals surface area contributed by atoms with Gasteiger partial charge in [0.2, 0.25) is 0 Å². The average molecular weight is 388 g/mol. The third-order valence-electron chi connectivity index (χ3n) is 5.03. The summed E-state index contributed by atoms with van der Waals surface area (Å²) in [5.74, 6) is 0.653. The molecule has 0 aromatic heterocycles. The average Bonchev–Trinajstić information content (AvgIpc) is 2.66. The molecule has 0 spiro atoms. The number of nitrogens with two attached hydrogens (primary N) is 1. The van der Waals surface area contributed by atoms with Gasteiger partial charge in [0.25, 0.3) is 0 Å². The lowest BCUT2D eigenvalue weighted by molar-refractivity contribution is -0.142. The standard InChI is InChI=1S/C22H33N3O3/c1-6-27-22(26)13-18-9-7-8-10-21(18)28-14-19-11-12-20(23)16(4)17(5)25(24-19)15(2)3/h7-10,12,15-17H,6,11,13-14,23H2,1-5H3/b20-12+,24-19+/t16-,17+/m1/s1. The van der Waals surface area contributed by atoms with Crippen LogP contribution in [0.2, 0.25) is 0 Å². The normalized spacial score (nSPS) is 23.9. The number of rotatable bonds is 7. The Bertz CT molecular complexity index is 727. The van der Waals surface area contributed by atoms with E-state index in [-0.39, 0.29) is 30.4 Å². The second-order valence-corrected chi connectivity index (χ2v) is 7.46. The molecule has 6 heteroatoms. The van der Waals surface area contributed by atoms with E-state index in [1.807, 2.05) is 30.3 Å². The highest BCUT2D eigenvalue weighted by atomic mass is 16.5. The first-order valence-corrected chi connectivity index (χ1v) is 10.00. The van der Waals surface area contributed by atoms with Crippen molar-refractivity contribution >= 4 is 11.7 Å². The molecular formula is C22H33N3O3. The predicted molar refractivity (Wildman–Crippen MR) is 112 cm³/mol. The van der Waals surface area contributed by atoms with Gasteiger partial charge in [-0.2, -0.15) is 5.10 Å². The van der Waals surface area contributed by atoms with Gasteiger partial charge in [-0.05, 0) is 33.8 Å². The van der Waals surface area contributed by atoms with Crippen molar-refractivity contribution in [3.05, 3.63) is 41.6 Å². The number of carbonyl (C=O) groups is 1. The smallest absolute Gasteiger partial charge is 0.310 e. The highest BCUT2D eigenvalue weighted by Gasteiger charge is 2.25. The van der Waals surface area contributed by atoms with Crippen LogP contribution >= 0.6 is 0 Å². The van der Waals surface area contributed by atoms with Crippen LogP contribution < -0.4 is 10.5 Å². The molecule has 0 saturated carbocycles. The molecule has 1 aliphatic rings. The first-order valence-electron chi connectivity index (χ1n) is 10.00. The fourth-order valence-corrected chi connectivity index (χ4v) is 3.22. The van der Waals surface area contributed by atoms with Gasteiger partial charge in [-0.3, -0.25) is 9.80 Å². The predicted octanol–water partition coefficient (Wildman–Crippen LogP) is 3.51. The molecule has 0 amide bonds. The van der Waals surface area contributed by atoms with E-state index in [2.05, 4.69) is 32.7 Å². The van der Waals surface area contributed by atoms with Gasteiger partial charge in [0.05, 0.1) is 24.8 Å². The number of para-hydroxylation sites is 1. The summed E-state index contributed by atoms with van der Waals surface area (Å²) >= 11 is 0. The Morgan fingerprint density at radius 1 is 1.32 bits per heavy atom. The number of esters is 1. The van der Waals surface area contributed by atoms with Gasteiger partial charge < -0.3 is 15.2 Å². The lowest BCUT2D eigenvalue weighted by atomic mass is 9.96. The highest BCUT2D eigenvalue weighted by molar-refractivity contribution is 5.87. The van der Waals surface area contributed by atoms with Crippen LogP contribution in [-0.2, 0) is 16.0 Å². The number of hydrogen-bond acceptors (Lipinski definition) is 6. The topological polar surface area (TPSA) is 77.2 Å². The van der Waals surface area contributed by atoms with Crippen LogP contribution in [0.4, 0.5) is 0 Å². The minimum absolute atomic E-state index is 0.190. The molecule has 2 rings (SSSR count). The molecule has 6 nitrogen and oxygen atoms in total. The molecule has 0 bridgehead atoms. The van der Waals surface area contributed by atoms with Gasteiger partial charge in [-0.25, -0.2) is 0 Å². The van der Waals surface area contributed by atoms with E-state index < -0.39 is 0 Å². The second kappa shape index (κ2) is 10.2. The third kappa shape index (κ3) is 5.75. The molecule has 1 heterocycles. The maximum absolute atomic E-state index is 11.8. The molecule has 28 heavy (non-hydrogen) atoms. The Labute approximate surface area is 168 Å². The maximum Gasteiger partial charge on any atom is 0.310 e. The summed E-state index contributed by atoms with van der Waals surface area (Å²) in [6, 6.07) is 7.99. The van der Waals surface area contributed by atoms with E-state index in [9.17, 15) is 4.79 Å². The molecule has 0 saturated heterocycles. The molecule has 2 atom stereocenters. The third-order valence-corrected chi connectivity index (χ3v) is 5.03. The van der Waals surface area contributed by atoms with Crippen LogP contribution in [0.25, 0.3) is 0 Å². The number of ether oxygens (including phenoxy) is 2. The molecule has 0 unspecified atom stereocenters. The minimum atomic E-state index is -0.258. The van der Waals surface area contributed by atoms with E-state index in [1.54, 1.807) is 6.92 Å². The van der Waals surface area contributed by atoms with Crippen LogP contribution in [-0.4, -0.2) is 42.0 Å². The summed E-state index contributed by atoms with van der Waals surface area (Å²) in [6.07, 6.45) is 2.87. The molecule has 1 aromatic rings.